The molecule has 0 bridgehead atoms. The zero-order valence-electron chi connectivity index (χ0n) is 31.9. The first-order chi connectivity index (χ1) is 26.4. The van der Waals surface area contributed by atoms with Gasteiger partial charge in [0, 0.05) is 40.4 Å². The Hall–Kier alpha value is -4.08. The molecule has 0 aliphatic heterocycles. The fourth-order valence-corrected chi connectivity index (χ4v) is 11.9. The predicted octanol–water partition coefficient (Wildman–Crippen LogP) is 14.3. The van der Waals surface area contributed by atoms with Crippen molar-refractivity contribution in [2.75, 3.05) is 14.2 Å². The van der Waals surface area contributed by atoms with E-state index in [-0.39, 0.29) is 11.1 Å². The van der Waals surface area contributed by atoms with E-state index in [1.54, 1.807) is 45.3 Å². The van der Waals surface area contributed by atoms with Gasteiger partial charge in [-0.05, 0) is 129 Å². The summed E-state index contributed by atoms with van der Waals surface area (Å²) in [6.45, 7) is 9.10. The van der Waals surface area contributed by atoms with E-state index in [1.165, 1.54) is 47.2 Å². The molecule has 3 aromatic carbocycles. The van der Waals surface area contributed by atoms with Gasteiger partial charge in [-0.2, -0.15) is 0 Å². The molecule has 0 radical (unpaired) electrons. The predicted molar refractivity (Wildman–Crippen MR) is 233 cm³/mol. The van der Waals surface area contributed by atoms with E-state index in [4.69, 9.17) is 9.47 Å². The highest BCUT2D eigenvalue weighted by Gasteiger charge is 2.33. The molecule has 8 heteroatoms. The average molecular weight is 791 g/mol. The SMILES string of the molecule is CCCc1c(CCC)c(CCC)c2cc3c(-c4ccc(-c5cccs5)s4)c(C(=O)OC)c(C(=O)OC)c(-c4ccc(-c5cccs5)s4)c3cc2c1CCC. The third-order valence-corrected chi connectivity index (χ3v) is 14.5. The second-order valence-corrected chi connectivity index (χ2v) is 17.7. The van der Waals surface area contributed by atoms with Crippen LogP contribution in [0.15, 0.2) is 71.4 Å². The summed E-state index contributed by atoms with van der Waals surface area (Å²) in [6.07, 6.45) is 8.25. The first kappa shape index (κ1) is 38.2. The lowest BCUT2D eigenvalue weighted by Gasteiger charge is -2.25. The van der Waals surface area contributed by atoms with Crippen molar-refractivity contribution in [3.8, 4) is 40.4 Å². The number of hydrogen-bond acceptors (Lipinski definition) is 8. The Morgan fingerprint density at radius 2 is 0.852 bits per heavy atom. The van der Waals surface area contributed by atoms with E-state index in [2.05, 4.69) is 99.1 Å². The van der Waals surface area contributed by atoms with Crippen molar-refractivity contribution in [2.45, 2.75) is 79.1 Å². The number of fused-ring (bicyclic) bond motifs is 2. The molecule has 7 rings (SSSR count). The maximum absolute atomic E-state index is 14.3. The van der Waals surface area contributed by atoms with Crippen LogP contribution in [0.2, 0.25) is 0 Å². The van der Waals surface area contributed by atoms with E-state index in [1.807, 2.05) is 0 Å². The van der Waals surface area contributed by atoms with E-state index in [9.17, 15) is 9.59 Å². The van der Waals surface area contributed by atoms with Gasteiger partial charge in [-0.3, -0.25) is 0 Å². The lowest BCUT2D eigenvalue weighted by Crippen LogP contribution is -2.16. The number of rotatable bonds is 14. The summed E-state index contributed by atoms with van der Waals surface area (Å²) < 4.78 is 11.2. The van der Waals surface area contributed by atoms with Crippen LogP contribution in [-0.4, -0.2) is 26.2 Å². The monoisotopic (exact) mass is 790 g/mol. The molecule has 0 amide bonds. The van der Waals surface area contributed by atoms with Crippen LogP contribution in [-0.2, 0) is 35.2 Å². The molecule has 0 fully saturated rings. The summed E-state index contributed by atoms with van der Waals surface area (Å²) in [5.74, 6) is -1.11. The van der Waals surface area contributed by atoms with Crippen LogP contribution in [0.25, 0.3) is 61.9 Å². The van der Waals surface area contributed by atoms with Gasteiger partial charge in [-0.15, -0.1) is 45.3 Å². The van der Waals surface area contributed by atoms with Crippen LogP contribution in [0.4, 0.5) is 0 Å². The van der Waals surface area contributed by atoms with E-state index in [0.717, 1.165) is 103 Å². The van der Waals surface area contributed by atoms with Crippen LogP contribution in [0.1, 0.15) is 96.3 Å². The molecular weight excluding hydrogens is 745 g/mol. The maximum Gasteiger partial charge on any atom is 0.339 e. The largest absolute Gasteiger partial charge is 0.465 e. The van der Waals surface area contributed by atoms with Crippen molar-refractivity contribution in [2.24, 2.45) is 0 Å². The number of thiophene rings is 4. The Labute approximate surface area is 334 Å². The van der Waals surface area contributed by atoms with Crippen LogP contribution >= 0.6 is 45.3 Å². The van der Waals surface area contributed by atoms with Crippen molar-refractivity contribution in [1.82, 2.24) is 0 Å². The van der Waals surface area contributed by atoms with Gasteiger partial charge >= 0.3 is 11.9 Å². The molecule has 54 heavy (non-hydrogen) atoms. The van der Waals surface area contributed by atoms with Crippen molar-refractivity contribution >= 4 is 78.8 Å². The Bertz CT molecular complexity index is 2270. The normalized spacial score (nSPS) is 11.5. The number of benzene rings is 3. The highest BCUT2D eigenvalue weighted by atomic mass is 32.1. The molecule has 7 aromatic rings. The van der Waals surface area contributed by atoms with Gasteiger partial charge in [-0.1, -0.05) is 65.5 Å². The number of carbonyl (C=O) groups is 2. The number of hydrogen-bond donors (Lipinski definition) is 0. The van der Waals surface area contributed by atoms with Gasteiger partial charge < -0.3 is 9.47 Å². The molecule has 4 aromatic heterocycles. The number of carbonyl (C=O) groups excluding carboxylic acids is 2. The van der Waals surface area contributed by atoms with Crippen LogP contribution < -0.4 is 0 Å². The molecule has 0 N–H and O–H groups in total. The number of ether oxygens (including phenoxy) is 2. The molecule has 4 nitrogen and oxygen atoms in total. The molecule has 0 spiro atoms. The van der Waals surface area contributed by atoms with Gasteiger partial charge in [0.2, 0.25) is 0 Å². The zero-order valence-corrected chi connectivity index (χ0v) is 35.1. The summed E-state index contributed by atoms with van der Waals surface area (Å²) in [5.41, 5.74) is 7.80. The summed E-state index contributed by atoms with van der Waals surface area (Å²) in [5, 5.41) is 8.56. The van der Waals surface area contributed by atoms with Crippen molar-refractivity contribution < 1.29 is 19.1 Å². The first-order valence-electron chi connectivity index (χ1n) is 19.0. The Kier molecular flexibility index (Phi) is 11.8. The Morgan fingerprint density at radius 1 is 0.481 bits per heavy atom. The zero-order chi connectivity index (χ0) is 37.9. The quantitative estimate of drug-likeness (QED) is 0.0813. The summed E-state index contributed by atoms with van der Waals surface area (Å²) in [6, 6.07) is 21.5. The van der Waals surface area contributed by atoms with E-state index < -0.39 is 11.9 Å². The second kappa shape index (κ2) is 16.7. The fourth-order valence-electron chi connectivity index (χ4n) is 8.07. The van der Waals surface area contributed by atoms with Gasteiger partial charge in [0.1, 0.15) is 0 Å². The van der Waals surface area contributed by atoms with E-state index in [0.29, 0.717) is 0 Å². The minimum absolute atomic E-state index is 0.249. The molecule has 0 atom stereocenters. The minimum Gasteiger partial charge on any atom is -0.465 e. The van der Waals surface area contributed by atoms with Crippen LogP contribution in [0.5, 0.6) is 0 Å². The lowest BCUT2D eigenvalue weighted by atomic mass is 9.80. The van der Waals surface area contributed by atoms with Gasteiger partial charge in [-0.25, -0.2) is 9.59 Å². The smallest absolute Gasteiger partial charge is 0.339 e. The molecule has 0 aliphatic carbocycles. The van der Waals surface area contributed by atoms with Crippen molar-refractivity contribution in [3.05, 3.63) is 105 Å². The Morgan fingerprint density at radius 3 is 1.19 bits per heavy atom. The number of aryl methyl sites for hydroxylation is 2. The highest BCUT2D eigenvalue weighted by Crippen LogP contribution is 2.50. The molecular formula is C46H46O4S4. The number of methoxy groups -OCH3 is 2. The van der Waals surface area contributed by atoms with Crippen molar-refractivity contribution in [1.29, 1.82) is 0 Å². The van der Waals surface area contributed by atoms with E-state index >= 15 is 0 Å². The topological polar surface area (TPSA) is 52.6 Å². The summed E-state index contributed by atoms with van der Waals surface area (Å²) in [4.78, 5) is 35.0. The summed E-state index contributed by atoms with van der Waals surface area (Å²) in [7, 11) is 2.79. The Balaban J connectivity index is 1.73. The third kappa shape index (κ3) is 6.87. The maximum atomic E-state index is 14.3. The highest BCUT2D eigenvalue weighted by molar-refractivity contribution is 7.24. The second-order valence-electron chi connectivity index (χ2n) is 13.6. The summed E-state index contributed by atoms with van der Waals surface area (Å²) >= 11 is 6.66. The third-order valence-electron chi connectivity index (χ3n) is 10.2. The first-order valence-corrected chi connectivity index (χ1v) is 22.4. The fraction of sp³-hybridized carbons (Fsp3) is 0.304. The molecule has 0 aliphatic rings. The molecule has 4 heterocycles. The number of esters is 2. The van der Waals surface area contributed by atoms with Crippen molar-refractivity contribution in [3.63, 3.8) is 0 Å². The lowest BCUT2D eigenvalue weighted by molar-refractivity contribution is 0.0557. The van der Waals surface area contributed by atoms with Crippen LogP contribution in [0, 0.1) is 0 Å². The van der Waals surface area contributed by atoms with Crippen LogP contribution in [0.3, 0.4) is 0 Å². The minimum atomic E-state index is -0.555. The standard InChI is InChI=1S/C46H46O4S4/c1-7-13-27-28(14-8-2)30(16-10-4)32-26-34-33(25-31(32)29(27)15-9-3)41(39-21-19-37(53-39)35-17-11-23-51-35)43(45(47)49-5)44(46(48)50-6)42(34)40-22-20-38(54-40)36-18-12-24-52-36/h11-12,17-26H,7-10,13-16H2,1-6H3. The van der Waals surface area contributed by atoms with Gasteiger partial charge in [0.05, 0.1) is 25.3 Å². The molecule has 278 valence electrons. The molecule has 0 saturated carbocycles. The molecule has 0 saturated heterocycles. The van der Waals surface area contributed by atoms with Gasteiger partial charge in [0.15, 0.2) is 0 Å². The van der Waals surface area contributed by atoms with Gasteiger partial charge in [0.25, 0.3) is 0 Å². The molecule has 0 unspecified atom stereocenters. The average Bonchev–Trinajstić information content (AvgIpc) is 4.03.